The molecular weight excluding hydrogens is 338 g/mol. The summed E-state index contributed by atoms with van der Waals surface area (Å²) < 4.78 is 0. The zero-order chi connectivity index (χ0) is 21.0. The van der Waals surface area contributed by atoms with Crippen LogP contribution in [0.2, 0.25) is 0 Å². The van der Waals surface area contributed by atoms with Crippen LogP contribution in [0.25, 0.3) is 0 Å². The largest absolute Gasteiger partial charge is 0.314 e. The van der Waals surface area contributed by atoms with Crippen LogP contribution in [-0.2, 0) is 0 Å². The summed E-state index contributed by atoms with van der Waals surface area (Å²) in [6.07, 6.45) is 22.4. The molecule has 0 bridgehead atoms. The van der Waals surface area contributed by atoms with Gasteiger partial charge in [0, 0.05) is 6.04 Å². The summed E-state index contributed by atoms with van der Waals surface area (Å²) in [5.74, 6) is 2.69. The summed E-state index contributed by atoms with van der Waals surface area (Å²) in [6.45, 7) is 15.4. The average Bonchev–Trinajstić information content (AvgIpc) is 2.67. The summed E-state index contributed by atoms with van der Waals surface area (Å²) in [4.78, 5) is 0. The summed E-state index contributed by atoms with van der Waals surface area (Å²) in [6, 6.07) is 0.757. The fourth-order valence-corrected chi connectivity index (χ4v) is 4.57. The van der Waals surface area contributed by atoms with Crippen molar-refractivity contribution in [2.24, 2.45) is 17.8 Å². The fourth-order valence-electron chi connectivity index (χ4n) is 4.57. The molecule has 0 aliphatic rings. The molecular formula is C27H57N. The van der Waals surface area contributed by atoms with Crippen LogP contribution >= 0.6 is 0 Å². The van der Waals surface area contributed by atoms with Crippen molar-refractivity contribution in [3.8, 4) is 0 Å². The standard InChI is InChI=1S/C27H57N/c1-7-11-14-20-26(17-9-3)22-27(21-16-13-15-18-24(5)6)28-23-25(10-4)19-12-8-2/h24-28H,7-23H2,1-6H3. The van der Waals surface area contributed by atoms with E-state index in [0.29, 0.717) is 0 Å². The third kappa shape index (κ3) is 16.9. The first kappa shape index (κ1) is 28.0. The Kier molecular flexibility index (Phi) is 20.2. The van der Waals surface area contributed by atoms with E-state index < -0.39 is 0 Å². The molecule has 1 nitrogen and oxygen atoms in total. The molecule has 1 N–H and O–H groups in total. The molecule has 0 aromatic rings. The van der Waals surface area contributed by atoms with Gasteiger partial charge in [-0.2, -0.15) is 0 Å². The van der Waals surface area contributed by atoms with Crippen molar-refractivity contribution >= 4 is 0 Å². The van der Waals surface area contributed by atoms with Gasteiger partial charge in [-0.1, -0.05) is 125 Å². The van der Waals surface area contributed by atoms with E-state index in [9.17, 15) is 0 Å². The van der Waals surface area contributed by atoms with E-state index in [0.717, 1.165) is 23.8 Å². The molecule has 0 radical (unpaired) electrons. The molecule has 0 saturated carbocycles. The van der Waals surface area contributed by atoms with Gasteiger partial charge in [-0.15, -0.1) is 0 Å². The topological polar surface area (TPSA) is 12.0 Å². The van der Waals surface area contributed by atoms with Crippen molar-refractivity contribution in [1.82, 2.24) is 5.32 Å². The second-order valence-electron chi connectivity index (χ2n) is 9.94. The zero-order valence-corrected chi connectivity index (χ0v) is 20.8. The summed E-state index contributed by atoms with van der Waals surface area (Å²) in [7, 11) is 0. The van der Waals surface area contributed by atoms with Crippen molar-refractivity contribution in [3.05, 3.63) is 0 Å². The van der Waals surface area contributed by atoms with Gasteiger partial charge in [-0.25, -0.2) is 0 Å². The van der Waals surface area contributed by atoms with Gasteiger partial charge >= 0.3 is 0 Å². The second-order valence-corrected chi connectivity index (χ2v) is 9.94. The first-order valence-corrected chi connectivity index (χ1v) is 13.3. The highest BCUT2D eigenvalue weighted by Gasteiger charge is 2.17. The quantitative estimate of drug-likeness (QED) is 0.191. The van der Waals surface area contributed by atoms with Gasteiger partial charge in [0.25, 0.3) is 0 Å². The smallest absolute Gasteiger partial charge is 0.00698 e. The summed E-state index contributed by atoms with van der Waals surface area (Å²) in [5.41, 5.74) is 0. The van der Waals surface area contributed by atoms with Crippen molar-refractivity contribution in [2.45, 2.75) is 150 Å². The summed E-state index contributed by atoms with van der Waals surface area (Å²) >= 11 is 0. The van der Waals surface area contributed by atoms with Crippen molar-refractivity contribution < 1.29 is 0 Å². The number of hydrogen-bond acceptors (Lipinski definition) is 1. The third-order valence-corrected chi connectivity index (χ3v) is 6.60. The van der Waals surface area contributed by atoms with E-state index in [4.69, 9.17) is 0 Å². The first-order valence-electron chi connectivity index (χ1n) is 13.3. The molecule has 0 spiro atoms. The lowest BCUT2D eigenvalue weighted by Crippen LogP contribution is -2.35. The Bertz CT molecular complexity index is 299. The number of rotatable bonds is 21. The molecule has 0 aromatic heterocycles. The van der Waals surface area contributed by atoms with E-state index in [1.54, 1.807) is 0 Å². The lowest BCUT2D eigenvalue weighted by atomic mass is 9.88. The molecule has 0 rings (SSSR count). The number of nitrogens with one attached hydrogen (secondary N) is 1. The van der Waals surface area contributed by atoms with Crippen LogP contribution in [0.1, 0.15) is 144 Å². The van der Waals surface area contributed by atoms with Crippen LogP contribution < -0.4 is 5.32 Å². The van der Waals surface area contributed by atoms with Gasteiger partial charge in [-0.05, 0) is 43.6 Å². The highest BCUT2D eigenvalue weighted by Crippen LogP contribution is 2.24. The molecule has 170 valence electrons. The lowest BCUT2D eigenvalue weighted by Gasteiger charge is -2.27. The molecule has 3 atom stereocenters. The van der Waals surface area contributed by atoms with E-state index in [1.807, 2.05) is 0 Å². The van der Waals surface area contributed by atoms with Crippen LogP contribution in [0.3, 0.4) is 0 Å². The van der Waals surface area contributed by atoms with Crippen LogP contribution in [-0.4, -0.2) is 12.6 Å². The van der Waals surface area contributed by atoms with Crippen molar-refractivity contribution in [2.75, 3.05) is 6.54 Å². The van der Waals surface area contributed by atoms with Gasteiger partial charge in [0.1, 0.15) is 0 Å². The first-order chi connectivity index (χ1) is 13.6. The van der Waals surface area contributed by atoms with Crippen LogP contribution in [0.4, 0.5) is 0 Å². The van der Waals surface area contributed by atoms with Crippen LogP contribution in [0.5, 0.6) is 0 Å². The van der Waals surface area contributed by atoms with Gasteiger partial charge in [0.05, 0.1) is 0 Å². The Morgan fingerprint density at radius 3 is 1.82 bits per heavy atom. The number of hydrogen-bond donors (Lipinski definition) is 1. The maximum atomic E-state index is 4.06. The molecule has 0 aromatic carbocycles. The van der Waals surface area contributed by atoms with Gasteiger partial charge < -0.3 is 5.32 Å². The molecule has 0 saturated heterocycles. The molecule has 0 fully saturated rings. The Morgan fingerprint density at radius 1 is 0.571 bits per heavy atom. The van der Waals surface area contributed by atoms with E-state index in [1.165, 1.54) is 109 Å². The number of unbranched alkanes of at least 4 members (excludes halogenated alkanes) is 5. The molecule has 0 amide bonds. The van der Waals surface area contributed by atoms with Crippen LogP contribution in [0.15, 0.2) is 0 Å². The average molecular weight is 396 g/mol. The normalized spacial score (nSPS) is 15.1. The molecule has 1 heteroatoms. The van der Waals surface area contributed by atoms with Crippen LogP contribution in [0, 0.1) is 17.8 Å². The molecule has 3 unspecified atom stereocenters. The summed E-state index contributed by atoms with van der Waals surface area (Å²) in [5, 5.41) is 4.06. The second kappa shape index (κ2) is 20.2. The Hall–Kier alpha value is -0.0400. The monoisotopic (exact) mass is 395 g/mol. The van der Waals surface area contributed by atoms with Crippen molar-refractivity contribution in [1.29, 1.82) is 0 Å². The minimum Gasteiger partial charge on any atom is -0.314 e. The van der Waals surface area contributed by atoms with Gasteiger partial charge in [-0.3, -0.25) is 0 Å². The minimum absolute atomic E-state index is 0.757. The minimum atomic E-state index is 0.757. The molecule has 0 aliphatic heterocycles. The van der Waals surface area contributed by atoms with E-state index >= 15 is 0 Å². The Morgan fingerprint density at radius 2 is 1.21 bits per heavy atom. The molecule has 0 heterocycles. The van der Waals surface area contributed by atoms with Gasteiger partial charge in [0.15, 0.2) is 0 Å². The maximum absolute atomic E-state index is 4.06. The van der Waals surface area contributed by atoms with E-state index in [2.05, 4.69) is 46.9 Å². The molecule has 28 heavy (non-hydrogen) atoms. The van der Waals surface area contributed by atoms with Gasteiger partial charge in [0.2, 0.25) is 0 Å². The predicted molar refractivity (Wildman–Crippen MR) is 130 cm³/mol. The third-order valence-electron chi connectivity index (χ3n) is 6.60. The predicted octanol–water partition coefficient (Wildman–Crippen LogP) is 9.15. The lowest BCUT2D eigenvalue weighted by molar-refractivity contribution is 0.299. The zero-order valence-electron chi connectivity index (χ0n) is 20.8. The maximum Gasteiger partial charge on any atom is 0.00698 e. The van der Waals surface area contributed by atoms with Crippen molar-refractivity contribution in [3.63, 3.8) is 0 Å². The fraction of sp³-hybridized carbons (Fsp3) is 1.00. The highest BCUT2D eigenvalue weighted by molar-refractivity contribution is 4.75. The SMILES string of the molecule is CCCCCC(CCC)CC(CCCCCC(C)C)NCC(CC)CCCC. The molecule has 0 aliphatic carbocycles. The van der Waals surface area contributed by atoms with E-state index in [-0.39, 0.29) is 0 Å². The Labute approximate surface area is 180 Å². The Balaban J connectivity index is 4.55. The highest BCUT2D eigenvalue weighted by atomic mass is 14.9.